The molecule has 1 amide bonds. The highest BCUT2D eigenvalue weighted by Gasteiger charge is 2.26. The molecule has 7 heteroatoms. The third-order valence-corrected chi connectivity index (χ3v) is 7.61. The zero-order valence-corrected chi connectivity index (χ0v) is 22.5. The lowest BCUT2D eigenvalue weighted by Crippen LogP contribution is -2.39. The molecule has 3 aromatic rings. The van der Waals surface area contributed by atoms with Crippen LogP contribution in [0.4, 0.5) is 0 Å². The van der Waals surface area contributed by atoms with Crippen molar-refractivity contribution >= 4 is 52.4 Å². The lowest BCUT2D eigenvalue weighted by atomic mass is 9.84. The first-order valence-electron chi connectivity index (χ1n) is 12.0. The van der Waals surface area contributed by atoms with Gasteiger partial charge in [-0.2, -0.15) is 5.10 Å². The summed E-state index contributed by atoms with van der Waals surface area (Å²) in [5.41, 5.74) is 4.63. The van der Waals surface area contributed by atoms with Gasteiger partial charge in [-0.3, -0.25) is 4.79 Å². The van der Waals surface area contributed by atoms with Gasteiger partial charge in [-0.1, -0.05) is 66.2 Å². The molecule has 1 fully saturated rings. The first-order chi connectivity index (χ1) is 16.7. The largest absolute Gasteiger partial charge is 0.348 e. The fourth-order valence-corrected chi connectivity index (χ4v) is 5.52. The highest BCUT2D eigenvalue weighted by molar-refractivity contribution is 6.35. The van der Waals surface area contributed by atoms with Crippen LogP contribution < -0.4 is 5.32 Å². The summed E-state index contributed by atoms with van der Waals surface area (Å²) in [5, 5.41) is 9.66. The third-order valence-electron chi connectivity index (χ3n) is 6.82. The Kier molecular flexibility index (Phi) is 8.26. The topological polar surface area (TPSA) is 46.9 Å². The first kappa shape index (κ1) is 25.8. The van der Waals surface area contributed by atoms with Crippen molar-refractivity contribution in [2.45, 2.75) is 58.9 Å². The fraction of sp³-hybridized carbons (Fsp3) is 0.357. The second-order valence-electron chi connectivity index (χ2n) is 9.37. The van der Waals surface area contributed by atoms with Crippen molar-refractivity contribution in [3.63, 3.8) is 0 Å². The van der Waals surface area contributed by atoms with E-state index in [0.717, 1.165) is 35.2 Å². The van der Waals surface area contributed by atoms with E-state index < -0.39 is 0 Å². The fourth-order valence-electron chi connectivity index (χ4n) is 4.91. The van der Waals surface area contributed by atoms with E-state index in [9.17, 15) is 4.79 Å². The summed E-state index contributed by atoms with van der Waals surface area (Å²) < 4.78 is 1.75. The molecule has 0 spiro atoms. The summed E-state index contributed by atoms with van der Waals surface area (Å²) in [6, 6.07) is 13.0. The van der Waals surface area contributed by atoms with Gasteiger partial charge in [-0.25, -0.2) is 4.68 Å². The lowest BCUT2D eigenvalue weighted by molar-refractivity contribution is 0.0913. The van der Waals surface area contributed by atoms with Gasteiger partial charge >= 0.3 is 0 Å². The Balaban J connectivity index is 1.75. The summed E-state index contributed by atoms with van der Waals surface area (Å²) in [7, 11) is 0. The third kappa shape index (κ3) is 5.94. The molecule has 1 aliphatic carbocycles. The molecule has 0 bridgehead atoms. The minimum Gasteiger partial charge on any atom is -0.348 e. The van der Waals surface area contributed by atoms with Crippen molar-refractivity contribution in [3.8, 4) is 5.69 Å². The Bertz CT molecular complexity index is 1240. The van der Waals surface area contributed by atoms with Gasteiger partial charge in [0, 0.05) is 21.7 Å². The van der Waals surface area contributed by atoms with Crippen molar-refractivity contribution in [2.75, 3.05) is 0 Å². The van der Waals surface area contributed by atoms with Crippen molar-refractivity contribution in [1.29, 1.82) is 0 Å². The summed E-state index contributed by atoms with van der Waals surface area (Å²) >= 11 is 18.8. The van der Waals surface area contributed by atoms with Gasteiger partial charge in [0.2, 0.25) is 0 Å². The van der Waals surface area contributed by atoms with Crippen LogP contribution in [0.2, 0.25) is 15.1 Å². The number of benzene rings is 2. The number of rotatable bonds is 6. The van der Waals surface area contributed by atoms with Crippen molar-refractivity contribution in [2.24, 2.45) is 5.92 Å². The van der Waals surface area contributed by atoms with Crippen molar-refractivity contribution < 1.29 is 4.79 Å². The zero-order chi connectivity index (χ0) is 25.1. The lowest BCUT2D eigenvalue weighted by Gasteiger charge is -2.28. The minimum atomic E-state index is -0.162. The predicted octanol–water partition coefficient (Wildman–Crippen LogP) is 8.40. The van der Waals surface area contributed by atoms with Crippen LogP contribution in [-0.4, -0.2) is 21.7 Å². The van der Waals surface area contributed by atoms with Crippen LogP contribution >= 0.6 is 34.8 Å². The quantitative estimate of drug-likeness (QED) is 0.348. The number of hydrogen-bond donors (Lipinski definition) is 1. The smallest absolute Gasteiger partial charge is 0.272 e. The number of carbonyl (C=O) groups is 1. The van der Waals surface area contributed by atoms with Crippen LogP contribution in [0.25, 0.3) is 17.3 Å². The van der Waals surface area contributed by atoms with E-state index >= 15 is 0 Å². The predicted molar refractivity (Wildman–Crippen MR) is 147 cm³/mol. The van der Waals surface area contributed by atoms with Crippen LogP contribution in [-0.2, 0) is 0 Å². The monoisotopic (exact) mass is 529 g/mol. The minimum absolute atomic E-state index is 0.0978. The summed E-state index contributed by atoms with van der Waals surface area (Å²) in [6.07, 6.45) is 8.10. The molecule has 1 saturated carbocycles. The van der Waals surface area contributed by atoms with E-state index in [1.807, 2.05) is 50.3 Å². The van der Waals surface area contributed by atoms with Crippen molar-refractivity contribution in [1.82, 2.24) is 15.1 Å². The van der Waals surface area contributed by atoms with E-state index in [1.54, 1.807) is 16.8 Å². The highest BCUT2D eigenvalue weighted by atomic mass is 35.5. The Labute approximate surface area is 222 Å². The molecule has 1 atom stereocenters. The van der Waals surface area contributed by atoms with Gasteiger partial charge in [-0.05, 0) is 87.1 Å². The van der Waals surface area contributed by atoms with E-state index in [4.69, 9.17) is 39.9 Å². The van der Waals surface area contributed by atoms with Gasteiger partial charge in [0.15, 0.2) is 5.69 Å². The number of carbonyl (C=O) groups excluding carboxylic acids is 1. The molecule has 0 aliphatic heterocycles. The maximum absolute atomic E-state index is 13.4. The summed E-state index contributed by atoms with van der Waals surface area (Å²) in [5.74, 6) is 0.344. The summed E-state index contributed by atoms with van der Waals surface area (Å²) in [6.45, 7) is 6.04. The number of aromatic nitrogens is 2. The van der Waals surface area contributed by atoms with E-state index in [1.165, 1.54) is 19.3 Å². The Morgan fingerprint density at radius 2 is 1.71 bits per heavy atom. The number of nitrogens with zero attached hydrogens (tertiary/aromatic N) is 2. The molecule has 184 valence electrons. The molecule has 1 aromatic heterocycles. The maximum atomic E-state index is 13.4. The number of nitrogens with one attached hydrogen (secondary N) is 1. The van der Waals surface area contributed by atoms with Gasteiger partial charge in [0.05, 0.1) is 16.4 Å². The standard InChI is InChI=1S/C28H30Cl3N3O/c1-17(15-20-9-11-22(29)12-10-20)27-18(2)26(28(35)32-19(3)21-7-5-4-6-8-21)33-34(27)25-14-13-23(30)16-24(25)31/h9-16,19,21H,4-8H2,1-3H3,(H,32,35)/b17-15+/t19-/m0/s1. The van der Waals surface area contributed by atoms with Crippen LogP contribution in [0.5, 0.6) is 0 Å². The molecular weight excluding hydrogens is 501 g/mol. The molecule has 0 saturated heterocycles. The molecule has 0 radical (unpaired) electrons. The van der Waals surface area contributed by atoms with Crippen LogP contribution in [0, 0.1) is 12.8 Å². The molecule has 4 rings (SSSR count). The molecule has 1 aliphatic rings. The average Bonchev–Trinajstić information content (AvgIpc) is 3.18. The first-order valence-corrected chi connectivity index (χ1v) is 13.2. The SMILES string of the molecule is C/C(=C\c1ccc(Cl)cc1)c1c(C)c(C(=O)N[C@@H](C)C2CCCCC2)nn1-c1ccc(Cl)cc1Cl. The second-order valence-corrected chi connectivity index (χ2v) is 10.6. The van der Waals surface area contributed by atoms with Crippen LogP contribution in [0.15, 0.2) is 42.5 Å². The van der Waals surface area contributed by atoms with E-state index in [-0.39, 0.29) is 11.9 Å². The Morgan fingerprint density at radius 1 is 1.06 bits per heavy atom. The second kappa shape index (κ2) is 11.2. The van der Waals surface area contributed by atoms with Crippen LogP contribution in [0.3, 0.4) is 0 Å². The molecule has 0 unspecified atom stereocenters. The van der Waals surface area contributed by atoms with E-state index in [0.29, 0.717) is 32.4 Å². The molecule has 1 N–H and O–H groups in total. The highest BCUT2D eigenvalue weighted by Crippen LogP contribution is 2.32. The maximum Gasteiger partial charge on any atom is 0.272 e. The molecule has 2 aromatic carbocycles. The van der Waals surface area contributed by atoms with Crippen molar-refractivity contribution in [3.05, 3.63) is 80.0 Å². The molecular formula is C28H30Cl3N3O. The molecule has 1 heterocycles. The van der Waals surface area contributed by atoms with Gasteiger partial charge < -0.3 is 5.32 Å². The van der Waals surface area contributed by atoms with Crippen LogP contribution in [0.1, 0.15) is 73.3 Å². The summed E-state index contributed by atoms with van der Waals surface area (Å²) in [4.78, 5) is 13.4. The Hall–Kier alpha value is -2.27. The van der Waals surface area contributed by atoms with Gasteiger partial charge in [-0.15, -0.1) is 0 Å². The number of allylic oxidation sites excluding steroid dienone is 1. The van der Waals surface area contributed by atoms with E-state index in [2.05, 4.69) is 12.2 Å². The number of hydrogen-bond acceptors (Lipinski definition) is 2. The van der Waals surface area contributed by atoms with Gasteiger partial charge in [0.1, 0.15) is 0 Å². The van der Waals surface area contributed by atoms with Gasteiger partial charge in [0.25, 0.3) is 5.91 Å². The number of halogens is 3. The number of amides is 1. The average molecular weight is 531 g/mol. The normalized spacial score (nSPS) is 15.8. The molecule has 4 nitrogen and oxygen atoms in total. The zero-order valence-electron chi connectivity index (χ0n) is 20.2. The Morgan fingerprint density at radius 3 is 2.37 bits per heavy atom. The molecule has 35 heavy (non-hydrogen) atoms.